The third-order valence-corrected chi connectivity index (χ3v) is 4.70. The number of carbonyl (C=O) groups excluding carboxylic acids is 6. The zero-order valence-corrected chi connectivity index (χ0v) is 20.0. The van der Waals surface area contributed by atoms with E-state index in [9.17, 15) is 28.8 Å². The monoisotopic (exact) mass is 500 g/mol. The molecule has 190 valence electrons. The average Bonchev–Trinajstić information content (AvgIpc) is 2.89. The number of methoxy groups -OCH3 is 4. The van der Waals surface area contributed by atoms with E-state index in [-0.39, 0.29) is 46.5 Å². The van der Waals surface area contributed by atoms with Crippen molar-refractivity contribution in [2.75, 3.05) is 39.1 Å². The van der Waals surface area contributed by atoms with Gasteiger partial charge in [-0.2, -0.15) is 0 Å². The molecule has 0 saturated heterocycles. The maximum Gasteiger partial charge on any atom is 0.337 e. The van der Waals surface area contributed by atoms with Crippen LogP contribution >= 0.6 is 0 Å². The van der Waals surface area contributed by atoms with E-state index in [4.69, 9.17) is 0 Å². The molecule has 0 spiro atoms. The molecule has 0 aliphatic heterocycles. The Balaban J connectivity index is 2.10. The molecular weight excluding hydrogens is 476 g/mol. The van der Waals surface area contributed by atoms with Gasteiger partial charge in [0.05, 0.1) is 50.7 Å². The van der Waals surface area contributed by atoms with Crippen LogP contribution < -0.4 is 10.6 Å². The van der Waals surface area contributed by atoms with Gasteiger partial charge in [0, 0.05) is 24.2 Å². The summed E-state index contributed by atoms with van der Waals surface area (Å²) in [6.45, 7) is 0. The topological polar surface area (TPSA) is 163 Å². The summed E-state index contributed by atoms with van der Waals surface area (Å²) in [5.74, 6) is -4.07. The minimum atomic E-state index is -0.726. The average molecular weight is 500 g/mol. The van der Waals surface area contributed by atoms with Gasteiger partial charge in [0.2, 0.25) is 11.8 Å². The molecule has 2 amide bonds. The van der Waals surface area contributed by atoms with Crippen molar-refractivity contribution in [3.05, 3.63) is 58.7 Å². The second kappa shape index (κ2) is 12.6. The highest BCUT2D eigenvalue weighted by molar-refractivity contribution is 6.02. The summed E-state index contributed by atoms with van der Waals surface area (Å²) in [5, 5.41) is 5.01. The van der Waals surface area contributed by atoms with Gasteiger partial charge in [-0.15, -0.1) is 0 Å². The van der Waals surface area contributed by atoms with E-state index in [2.05, 4.69) is 29.6 Å². The first kappa shape index (κ1) is 27.5. The predicted molar refractivity (Wildman–Crippen MR) is 125 cm³/mol. The van der Waals surface area contributed by atoms with Gasteiger partial charge in [-0.3, -0.25) is 9.59 Å². The summed E-state index contributed by atoms with van der Waals surface area (Å²) in [5.41, 5.74) is 0.302. The molecule has 2 aromatic carbocycles. The molecule has 2 N–H and O–H groups in total. The first-order chi connectivity index (χ1) is 17.1. The molecule has 0 atom stereocenters. The summed E-state index contributed by atoms with van der Waals surface area (Å²) >= 11 is 0. The van der Waals surface area contributed by atoms with Crippen LogP contribution in [0.25, 0.3) is 0 Å². The third kappa shape index (κ3) is 7.38. The lowest BCUT2D eigenvalue weighted by Gasteiger charge is -2.11. The van der Waals surface area contributed by atoms with E-state index in [1.54, 1.807) is 0 Å². The van der Waals surface area contributed by atoms with Crippen LogP contribution in [0.15, 0.2) is 36.4 Å². The number of hydrogen-bond acceptors (Lipinski definition) is 10. The summed E-state index contributed by atoms with van der Waals surface area (Å²) in [4.78, 5) is 72.3. The van der Waals surface area contributed by atoms with Crippen molar-refractivity contribution in [1.29, 1.82) is 0 Å². The largest absolute Gasteiger partial charge is 0.465 e. The summed E-state index contributed by atoms with van der Waals surface area (Å²) in [6.07, 6.45) is -0.523. The van der Waals surface area contributed by atoms with Crippen molar-refractivity contribution in [3.8, 4) is 0 Å². The third-order valence-electron chi connectivity index (χ3n) is 4.70. The maximum absolute atomic E-state index is 12.4. The number of anilines is 2. The van der Waals surface area contributed by atoms with Gasteiger partial charge in [0.25, 0.3) is 0 Å². The van der Waals surface area contributed by atoms with Crippen LogP contribution in [-0.4, -0.2) is 64.1 Å². The van der Waals surface area contributed by atoms with Crippen LogP contribution in [0.3, 0.4) is 0 Å². The molecule has 0 unspecified atom stereocenters. The SMILES string of the molecule is COC(=O)c1cc(NC(=O)CCC(=O)Nc2cc(C(=O)OC)cc(C(=O)OC)c2)cc(C(=O)OC)c1. The maximum atomic E-state index is 12.4. The molecule has 0 heterocycles. The molecule has 12 heteroatoms. The van der Waals surface area contributed by atoms with Crippen LogP contribution in [0.4, 0.5) is 11.4 Å². The molecular formula is C24H24N2O10. The van der Waals surface area contributed by atoms with Gasteiger partial charge in [-0.25, -0.2) is 19.2 Å². The van der Waals surface area contributed by atoms with Crippen molar-refractivity contribution < 1.29 is 47.7 Å². The normalized spacial score (nSPS) is 10.0. The fourth-order valence-electron chi connectivity index (χ4n) is 3.02. The molecule has 2 aromatic rings. The van der Waals surface area contributed by atoms with Crippen LogP contribution in [0.2, 0.25) is 0 Å². The van der Waals surface area contributed by atoms with Gasteiger partial charge in [-0.1, -0.05) is 0 Å². The van der Waals surface area contributed by atoms with Gasteiger partial charge >= 0.3 is 23.9 Å². The molecule has 36 heavy (non-hydrogen) atoms. The van der Waals surface area contributed by atoms with E-state index in [1.165, 1.54) is 64.8 Å². The molecule has 0 aromatic heterocycles. The van der Waals surface area contributed by atoms with Gasteiger partial charge in [0.15, 0.2) is 0 Å². The standard InChI is InChI=1S/C24H24N2O10/c1-33-21(29)13-7-14(22(30)34-2)10-17(9-13)25-19(27)5-6-20(28)26-18-11-15(23(31)35-3)8-16(12-18)24(32)36-4/h7-12H,5-6H2,1-4H3,(H,25,27)(H,26,28). The lowest BCUT2D eigenvalue weighted by atomic mass is 10.1. The Morgan fingerprint density at radius 1 is 0.500 bits per heavy atom. The number of amides is 2. The molecule has 0 aliphatic rings. The fourth-order valence-corrected chi connectivity index (χ4v) is 3.02. The molecule has 0 saturated carbocycles. The Bertz CT molecular complexity index is 1040. The van der Waals surface area contributed by atoms with Crippen molar-refractivity contribution >= 4 is 47.1 Å². The highest BCUT2D eigenvalue weighted by Gasteiger charge is 2.17. The number of hydrogen-bond donors (Lipinski definition) is 2. The van der Waals surface area contributed by atoms with E-state index >= 15 is 0 Å². The van der Waals surface area contributed by atoms with E-state index in [0.29, 0.717) is 0 Å². The minimum Gasteiger partial charge on any atom is -0.465 e. The first-order valence-electron chi connectivity index (χ1n) is 10.3. The fraction of sp³-hybridized carbons (Fsp3) is 0.250. The number of carbonyl (C=O) groups is 6. The second-order valence-electron chi connectivity index (χ2n) is 7.16. The summed E-state index contributed by atoms with van der Waals surface area (Å²) < 4.78 is 18.6. The van der Waals surface area contributed by atoms with Crippen LogP contribution in [-0.2, 0) is 28.5 Å². The van der Waals surface area contributed by atoms with Gasteiger partial charge in [0.1, 0.15) is 0 Å². The Hall–Kier alpha value is -4.74. The Kier molecular flexibility index (Phi) is 9.66. The Labute approximate surface area is 205 Å². The quantitative estimate of drug-likeness (QED) is 0.385. The number of nitrogens with one attached hydrogen (secondary N) is 2. The number of benzene rings is 2. The highest BCUT2D eigenvalue weighted by atomic mass is 16.5. The summed E-state index contributed by atoms with van der Waals surface area (Å²) in [7, 11) is 4.66. The zero-order chi connectivity index (χ0) is 26.8. The number of esters is 4. The Morgan fingerprint density at radius 3 is 0.972 bits per heavy atom. The van der Waals surface area contributed by atoms with Crippen molar-refractivity contribution in [1.82, 2.24) is 0 Å². The molecule has 0 bridgehead atoms. The van der Waals surface area contributed by atoms with E-state index < -0.39 is 35.7 Å². The van der Waals surface area contributed by atoms with Crippen molar-refractivity contribution in [2.24, 2.45) is 0 Å². The van der Waals surface area contributed by atoms with E-state index in [1.807, 2.05) is 0 Å². The summed E-state index contributed by atoms with van der Waals surface area (Å²) in [6, 6.07) is 7.75. The zero-order valence-electron chi connectivity index (χ0n) is 20.0. The minimum absolute atomic E-state index is 0.0142. The van der Waals surface area contributed by atoms with Crippen molar-refractivity contribution in [2.45, 2.75) is 12.8 Å². The van der Waals surface area contributed by atoms with Crippen LogP contribution in [0.5, 0.6) is 0 Å². The van der Waals surface area contributed by atoms with E-state index in [0.717, 1.165) is 0 Å². The lowest BCUT2D eigenvalue weighted by molar-refractivity contribution is -0.121. The molecule has 0 fully saturated rings. The lowest BCUT2D eigenvalue weighted by Crippen LogP contribution is -2.18. The second-order valence-corrected chi connectivity index (χ2v) is 7.16. The smallest absolute Gasteiger partial charge is 0.337 e. The van der Waals surface area contributed by atoms with Crippen LogP contribution in [0.1, 0.15) is 54.3 Å². The molecule has 0 radical (unpaired) electrons. The molecule has 2 rings (SSSR count). The predicted octanol–water partition coefficient (Wildman–Crippen LogP) is 2.19. The Morgan fingerprint density at radius 2 is 0.750 bits per heavy atom. The molecule has 12 nitrogen and oxygen atoms in total. The van der Waals surface area contributed by atoms with Gasteiger partial charge in [-0.05, 0) is 36.4 Å². The van der Waals surface area contributed by atoms with Crippen molar-refractivity contribution in [3.63, 3.8) is 0 Å². The number of ether oxygens (including phenoxy) is 4. The van der Waals surface area contributed by atoms with Crippen LogP contribution in [0, 0.1) is 0 Å². The van der Waals surface area contributed by atoms with Gasteiger partial charge < -0.3 is 29.6 Å². The number of rotatable bonds is 9. The highest BCUT2D eigenvalue weighted by Crippen LogP contribution is 2.19. The molecule has 0 aliphatic carbocycles. The first-order valence-corrected chi connectivity index (χ1v) is 10.3.